The summed E-state index contributed by atoms with van der Waals surface area (Å²) in [5.41, 5.74) is 0.946. The van der Waals surface area contributed by atoms with Crippen LogP contribution in [0.5, 0.6) is 5.75 Å². The lowest BCUT2D eigenvalue weighted by Crippen LogP contribution is -2.08. The van der Waals surface area contributed by atoms with Crippen molar-refractivity contribution in [3.63, 3.8) is 0 Å². The van der Waals surface area contributed by atoms with Crippen molar-refractivity contribution in [3.8, 4) is 5.75 Å². The largest absolute Gasteiger partial charge is 0.496 e. The molecule has 21 heavy (non-hydrogen) atoms. The Morgan fingerprint density at radius 2 is 1.90 bits per heavy atom. The Morgan fingerprint density at radius 3 is 2.52 bits per heavy atom. The highest BCUT2D eigenvalue weighted by Gasteiger charge is 2.21. The van der Waals surface area contributed by atoms with Crippen LogP contribution in [-0.2, 0) is 22.2 Å². The van der Waals surface area contributed by atoms with Gasteiger partial charge >= 0.3 is 0 Å². The Kier molecular flexibility index (Phi) is 4.59. The van der Waals surface area contributed by atoms with Crippen molar-refractivity contribution in [2.24, 2.45) is 0 Å². The van der Waals surface area contributed by atoms with Gasteiger partial charge in [0.05, 0.1) is 19.5 Å². The number of hydrogen-bond acceptors (Lipinski definition) is 4. The van der Waals surface area contributed by atoms with E-state index in [0.717, 1.165) is 6.07 Å². The summed E-state index contributed by atoms with van der Waals surface area (Å²) in [4.78, 5) is -0.346. The summed E-state index contributed by atoms with van der Waals surface area (Å²) < 4.78 is 43.4. The topological polar surface area (TPSA) is 63.6 Å². The molecular formula is C15H15FO4S. The summed E-state index contributed by atoms with van der Waals surface area (Å²) in [6.07, 6.45) is 0. The Labute approximate surface area is 122 Å². The lowest BCUT2D eigenvalue weighted by molar-refractivity contribution is 0.281. The Balaban J connectivity index is 2.43. The molecule has 0 aromatic heterocycles. The SMILES string of the molecule is COc1ccc(CO)cc1CS(=O)(=O)c1ccccc1F. The third kappa shape index (κ3) is 3.40. The van der Waals surface area contributed by atoms with Crippen molar-refractivity contribution in [2.45, 2.75) is 17.3 Å². The minimum atomic E-state index is -3.84. The van der Waals surface area contributed by atoms with Gasteiger partial charge in [-0.2, -0.15) is 0 Å². The summed E-state index contributed by atoms with van der Waals surface area (Å²) in [5, 5.41) is 9.13. The molecule has 0 spiro atoms. The first-order valence-electron chi connectivity index (χ1n) is 6.22. The standard InChI is InChI=1S/C15H15FO4S/c1-20-14-7-6-11(9-17)8-12(14)10-21(18,19)15-5-3-2-4-13(15)16/h2-8,17H,9-10H2,1H3. The van der Waals surface area contributed by atoms with Gasteiger partial charge in [0, 0.05) is 5.56 Å². The second-order valence-electron chi connectivity index (χ2n) is 4.49. The zero-order valence-corrected chi connectivity index (χ0v) is 12.2. The van der Waals surface area contributed by atoms with Gasteiger partial charge in [-0.25, -0.2) is 12.8 Å². The third-order valence-electron chi connectivity index (χ3n) is 3.04. The maximum absolute atomic E-state index is 13.7. The Hall–Kier alpha value is -1.92. The van der Waals surface area contributed by atoms with Crippen LogP contribution < -0.4 is 4.74 Å². The van der Waals surface area contributed by atoms with Gasteiger partial charge in [-0.3, -0.25) is 0 Å². The van der Waals surface area contributed by atoms with Crippen LogP contribution in [0.3, 0.4) is 0 Å². The molecule has 0 fully saturated rings. The summed E-state index contributed by atoms with van der Waals surface area (Å²) in [5.74, 6) is -0.799. The van der Waals surface area contributed by atoms with Crippen molar-refractivity contribution in [1.29, 1.82) is 0 Å². The fourth-order valence-electron chi connectivity index (χ4n) is 2.02. The van der Waals surface area contributed by atoms with Gasteiger partial charge in [0.25, 0.3) is 0 Å². The van der Waals surface area contributed by atoms with Crippen LogP contribution >= 0.6 is 0 Å². The molecule has 0 aliphatic carbocycles. The first kappa shape index (κ1) is 15.5. The highest BCUT2D eigenvalue weighted by atomic mass is 32.2. The van der Waals surface area contributed by atoms with Gasteiger partial charge in [0.2, 0.25) is 0 Å². The third-order valence-corrected chi connectivity index (χ3v) is 4.74. The van der Waals surface area contributed by atoms with E-state index < -0.39 is 21.4 Å². The molecule has 0 aliphatic heterocycles. The Morgan fingerprint density at radius 1 is 1.19 bits per heavy atom. The van der Waals surface area contributed by atoms with Gasteiger partial charge < -0.3 is 9.84 Å². The van der Waals surface area contributed by atoms with E-state index >= 15 is 0 Å². The number of ether oxygens (including phenoxy) is 1. The van der Waals surface area contributed by atoms with Gasteiger partial charge in [-0.15, -0.1) is 0 Å². The van der Waals surface area contributed by atoms with Crippen LogP contribution in [-0.4, -0.2) is 20.6 Å². The lowest BCUT2D eigenvalue weighted by Gasteiger charge is -2.11. The van der Waals surface area contributed by atoms with E-state index in [0.29, 0.717) is 16.9 Å². The predicted octanol–water partition coefficient (Wildman–Crippen LogP) is 2.30. The number of hydrogen-bond donors (Lipinski definition) is 1. The van der Waals surface area contributed by atoms with E-state index in [2.05, 4.69) is 0 Å². The number of aliphatic hydroxyl groups is 1. The molecule has 0 bridgehead atoms. The van der Waals surface area contributed by atoms with Gasteiger partial charge in [0.1, 0.15) is 16.5 Å². The highest BCUT2D eigenvalue weighted by Crippen LogP contribution is 2.26. The predicted molar refractivity (Wildman–Crippen MR) is 76.2 cm³/mol. The molecule has 0 saturated heterocycles. The van der Waals surface area contributed by atoms with Gasteiger partial charge in [-0.1, -0.05) is 18.2 Å². The quantitative estimate of drug-likeness (QED) is 0.920. The number of halogens is 1. The van der Waals surface area contributed by atoms with E-state index in [4.69, 9.17) is 9.84 Å². The molecule has 0 radical (unpaired) electrons. The zero-order chi connectivity index (χ0) is 15.5. The number of aliphatic hydroxyl groups excluding tert-OH is 1. The van der Waals surface area contributed by atoms with E-state index in [1.165, 1.54) is 31.4 Å². The molecule has 1 N–H and O–H groups in total. The first-order valence-corrected chi connectivity index (χ1v) is 7.87. The van der Waals surface area contributed by atoms with Crippen molar-refractivity contribution < 1.29 is 22.7 Å². The van der Waals surface area contributed by atoms with Crippen LogP contribution in [0.1, 0.15) is 11.1 Å². The van der Waals surface area contributed by atoms with E-state index in [9.17, 15) is 12.8 Å². The van der Waals surface area contributed by atoms with Crippen LogP contribution in [0.4, 0.5) is 4.39 Å². The number of benzene rings is 2. The molecule has 6 heteroatoms. The van der Waals surface area contributed by atoms with Crippen molar-refractivity contribution in [3.05, 3.63) is 59.4 Å². The maximum atomic E-state index is 13.7. The lowest BCUT2D eigenvalue weighted by atomic mass is 10.1. The van der Waals surface area contributed by atoms with Crippen LogP contribution in [0, 0.1) is 5.82 Å². The number of sulfone groups is 1. The summed E-state index contributed by atoms with van der Waals surface area (Å²) in [7, 11) is -2.41. The molecule has 0 amide bonds. The monoisotopic (exact) mass is 310 g/mol. The highest BCUT2D eigenvalue weighted by molar-refractivity contribution is 7.90. The molecule has 0 aliphatic rings. The molecule has 112 valence electrons. The average molecular weight is 310 g/mol. The first-order chi connectivity index (χ1) is 9.97. The minimum absolute atomic E-state index is 0.212. The van der Waals surface area contributed by atoms with Crippen LogP contribution in [0.25, 0.3) is 0 Å². The van der Waals surface area contributed by atoms with Crippen LogP contribution in [0.15, 0.2) is 47.4 Å². The van der Waals surface area contributed by atoms with Gasteiger partial charge in [-0.05, 0) is 29.8 Å². The van der Waals surface area contributed by atoms with Crippen molar-refractivity contribution in [1.82, 2.24) is 0 Å². The van der Waals surface area contributed by atoms with Crippen molar-refractivity contribution in [2.75, 3.05) is 7.11 Å². The summed E-state index contributed by atoms with van der Waals surface area (Å²) in [6.45, 7) is -0.212. The van der Waals surface area contributed by atoms with Crippen molar-refractivity contribution >= 4 is 9.84 Å². The van der Waals surface area contributed by atoms with E-state index in [-0.39, 0.29) is 11.5 Å². The average Bonchev–Trinajstić information content (AvgIpc) is 2.47. The molecule has 0 heterocycles. The normalized spacial score (nSPS) is 11.4. The smallest absolute Gasteiger partial charge is 0.185 e. The second-order valence-corrected chi connectivity index (χ2v) is 6.45. The maximum Gasteiger partial charge on any atom is 0.185 e. The minimum Gasteiger partial charge on any atom is -0.496 e. The molecule has 2 aromatic carbocycles. The number of rotatable bonds is 5. The molecular weight excluding hydrogens is 295 g/mol. The molecule has 4 nitrogen and oxygen atoms in total. The zero-order valence-electron chi connectivity index (χ0n) is 11.4. The molecule has 0 saturated carbocycles. The second kappa shape index (κ2) is 6.24. The Bertz CT molecular complexity index is 741. The molecule has 2 aromatic rings. The van der Waals surface area contributed by atoms with E-state index in [1.54, 1.807) is 12.1 Å². The molecule has 2 rings (SSSR count). The number of methoxy groups -OCH3 is 1. The summed E-state index contributed by atoms with van der Waals surface area (Å²) >= 11 is 0. The summed E-state index contributed by atoms with van der Waals surface area (Å²) in [6, 6.07) is 9.99. The van der Waals surface area contributed by atoms with Crippen LogP contribution in [0.2, 0.25) is 0 Å². The fraction of sp³-hybridized carbons (Fsp3) is 0.200. The molecule has 0 unspecified atom stereocenters. The fourth-order valence-corrected chi connectivity index (χ4v) is 3.46. The van der Waals surface area contributed by atoms with E-state index in [1.807, 2.05) is 0 Å². The van der Waals surface area contributed by atoms with Gasteiger partial charge in [0.15, 0.2) is 9.84 Å². The molecule has 0 atom stereocenters.